The molecule has 0 bridgehead atoms. The number of anilines is 3. The number of benzene rings is 8. The highest BCUT2D eigenvalue weighted by molar-refractivity contribution is 6.92. The van der Waals surface area contributed by atoms with Crippen LogP contribution < -0.4 is 15.8 Å². The molecule has 0 fully saturated rings. The van der Waals surface area contributed by atoms with Crippen LogP contribution in [-0.4, -0.2) is 11.3 Å². The van der Waals surface area contributed by atoms with Crippen molar-refractivity contribution in [1.82, 2.24) is 4.48 Å². The molecule has 0 unspecified atom stereocenters. The van der Waals surface area contributed by atoms with Crippen molar-refractivity contribution in [2.75, 3.05) is 4.90 Å². The van der Waals surface area contributed by atoms with Crippen molar-refractivity contribution in [3.05, 3.63) is 151 Å². The highest BCUT2D eigenvalue weighted by Crippen LogP contribution is 2.51. The summed E-state index contributed by atoms with van der Waals surface area (Å²) in [6, 6.07) is 52.5. The summed E-state index contributed by atoms with van der Waals surface area (Å²) in [7, 11) is 0. The van der Waals surface area contributed by atoms with Crippen LogP contribution in [0.25, 0.3) is 76.4 Å². The number of hydrogen-bond acceptors (Lipinski definition) is 2. The minimum atomic E-state index is -0.0793. The quantitative estimate of drug-likeness (QED) is 0.158. The van der Waals surface area contributed by atoms with E-state index in [1.807, 2.05) is 0 Å². The van der Waals surface area contributed by atoms with Gasteiger partial charge in [0.1, 0.15) is 11.2 Å². The minimum absolute atomic E-state index is 0.0132. The van der Waals surface area contributed by atoms with Crippen molar-refractivity contribution in [1.29, 1.82) is 0 Å². The lowest BCUT2D eigenvalue weighted by molar-refractivity contribution is 0.590. The van der Waals surface area contributed by atoms with Gasteiger partial charge >= 0.3 is 6.85 Å². The fraction of sp³-hybridized carbons (Fsp3) is 0.154. The zero-order valence-electron chi connectivity index (χ0n) is 32.7. The molecule has 4 heterocycles. The van der Waals surface area contributed by atoms with Crippen molar-refractivity contribution in [3.8, 4) is 11.1 Å². The van der Waals surface area contributed by atoms with E-state index in [1.54, 1.807) is 0 Å². The van der Waals surface area contributed by atoms with Crippen molar-refractivity contribution in [3.63, 3.8) is 0 Å². The maximum absolute atomic E-state index is 6.89. The molecule has 0 radical (unpaired) electrons. The van der Waals surface area contributed by atoms with Gasteiger partial charge in [0.15, 0.2) is 0 Å². The van der Waals surface area contributed by atoms with Crippen LogP contribution in [0.2, 0.25) is 0 Å². The highest BCUT2D eigenvalue weighted by atomic mass is 16.3. The first-order valence-electron chi connectivity index (χ1n) is 20.0. The Kier molecular flexibility index (Phi) is 6.14. The summed E-state index contributed by atoms with van der Waals surface area (Å²) in [6.45, 7) is 13.9. The van der Waals surface area contributed by atoms with E-state index < -0.39 is 0 Å². The fourth-order valence-corrected chi connectivity index (χ4v) is 10.1. The van der Waals surface area contributed by atoms with E-state index in [4.69, 9.17) is 4.42 Å². The van der Waals surface area contributed by atoms with Gasteiger partial charge in [0, 0.05) is 61.3 Å². The molecule has 12 rings (SSSR count). The van der Waals surface area contributed by atoms with Crippen LogP contribution in [0.5, 0.6) is 0 Å². The summed E-state index contributed by atoms with van der Waals surface area (Å²) in [5, 5.41) is 10.00. The average Bonchev–Trinajstić information content (AvgIpc) is 3.73. The van der Waals surface area contributed by atoms with Crippen molar-refractivity contribution >= 4 is 100 Å². The molecule has 0 saturated carbocycles. The fourth-order valence-electron chi connectivity index (χ4n) is 10.1. The number of aromatic nitrogens is 1. The van der Waals surface area contributed by atoms with Crippen molar-refractivity contribution in [2.24, 2.45) is 0 Å². The lowest BCUT2D eigenvalue weighted by Crippen LogP contribution is -2.57. The molecule has 3 nitrogen and oxygen atoms in total. The number of para-hydroxylation sites is 1. The third kappa shape index (κ3) is 4.19. The maximum atomic E-state index is 6.89. The Morgan fingerprint density at radius 3 is 2.00 bits per heavy atom. The molecular formula is C52H41BN2O. The summed E-state index contributed by atoms with van der Waals surface area (Å²) in [5.41, 5.74) is 15.8. The van der Waals surface area contributed by atoms with Gasteiger partial charge in [-0.05, 0) is 109 Å². The lowest BCUT2D eigenvalue weighted by atomic mass is 9.44. The van der Waals surface area contributed by atoms with E-state index in [1.165, 1.54) is 93.3 Å². The van der Waals surface area contributed by atoms with Crippen molar-refractivity contribution in [2.45, 2.75) is 52.4 Å². The van der Waals surface area contributed by atoms with E-state index in [0.29, 0.717) is 0 Å². The average molecular weight is 721 g/mol. The van der Waals surface area contributed by atoms with Gasteiger partial charge in [-0.3, -0.25) is 0 Å². The van der Waals surface area contributed by atoms with Crippen LogP contribution in [0, 0.1) is 0 Å². The van der Waals surface area contributed by atoms with E-state index in [2.05, 4.69) is 190 Å². The van der Waals surface area contributed by atoms with Gasteiger partial charge in [0.2, 0.25) is 0 Å². The summed E-state index contributed by atoms with van der Waals surface area (Å²) in [6.07, 6.45) is 0. The Morgan fingerprint density at radius 2 is 1.20 bits per heavy atom. The molecule has 0 N–H and O–H groups in total. The van der Waals surface area contributed by atoms with Gasteiger partial charge < -0.3 is 13.8 Å². The standard InChI is InChI=1S/C52H41BN2O/c1-51(2,3)33-21-24-41-38(26-33)39-27-34(52(4,5)6)28-40-47-46-37-17-11-12-18-44(37)56-45(46)29-43-49(47)53(55(41)50(39)40)48-36-16-10-9-14-31(36)20-23-42(48)54(43)35-22-19-30-13-7-8-15-32(30)25-35/h7-29H,1-6H3. The third-order valence-electron chi connectivity index (χ3n) is 12.8. The second kappa shape index (κ2) is 10.7. The van der Waals surface area contributed by atoms with Crippen molar-refractivity contribution < 1.29 is 4.42 Å². The van der Waals surface area contributed by atoms with E-state index in [-0.39, 0.29) is 17.7 Å². The minimum Gasteiger partial charge on any atom is -0.456 e. The summed E-state index contributed by atoms with van der Waals surface area (Å²) in [4.78, 5) is 2.52. The summed E-state index contributed by atoms with van der Waals surface area (Å²) < 4.78 is 9.60. The smallest absolute Gasteiger partial charge is 0.333 e. The van der Waals surface area contributed by atoms with Gasteiger partial charge in [-0.1, -0.05) is 126 Å². The van der Waals surface area contributed by atoms with Gasteiger partial charge in [-0.25, -0.2) is 0 Å². The summed E-state index contributed by atoms with van der Waals surface area (Å²) >= 11 is 0. The molecule has 10 aromatic rings. The number of nitrogens with zero attached hydrogens (tertiary/aromatic N) is 2. The normalized spacial score (nSPS) is 13.8. The Balaban J connectivity index is 1.34. The zero-order valence-corrected chi connectivity index (χ0v) is 32.7. The molecule has 268 valence electrons. The van der Waals surface area contributed by atoms with Crippen LogP contribution in [0.15, 0.2) is 144 Å². The molecule has 2 aromatic heterocycles. The molecule has 8 aromatic carbocycles. The van der Waals surface area contributed by atoms with Gasteiger partial charge in [0.05, 0.1) is 0 Å². The SMILES string of the molecule is CC(C)(C)c1ccc2c(c1)c1cc(C(C)(C)C)cc3c1n2B1c2c(cc4oc5ccccc5c4c2-3)N(c2ccc3ccccc3c2)c2ccc3ccccc3c21. The predicted octanol–water partition coefficient (Wildman–Crippen LogP) is 13.0. The van der Waals surface area contributed by atoms with Crippen LogP contribution in [0.1, 0.15) is 52.7 Å². The first-order valence-corrected chi connectivity index (χ1v) is 20.0. The molecule has 2 aliphatic rings. The largest absolute Gasteiger partial charge is 0.456 e. The monoisotopic (exact) mass is 720 g/mol. The molecule has 0 spiro atoms. The van der Waals surface area contributed by atoms with Gasteiger partial charge in [-0.2, -0.15) is 0 Å². The first kappa shape index (κ1) is 32.0. The lowest BCUT2D eigenvalue weighted by Gasteiger charge is -2.41. The topological polar surface area (TPSA) is 21.3 Å². The molecule has 0 amide bonds. The Hall–Kier alpha value is -6.26. The van der Waals surface area contributed by atoms with Crippen LogP contribution >= 0.6 is 0 Å². The maximum Gasteiger partial charge on any atom is 0.333 e. The second-order valence-corrected chi connectivity index (χ2v) is 18.2. The molecule has 56 heavy (non-hydrogen) atoms. The van der Waals surface area contributed by atoms with E-state index in [0.717, 1.165) is 22.2 Å². The Labute approximate surface area is 326 Å². The Morgan fingerprint density at radius 1 is 0.500 bits per heavy atom. The predicted molar refractivity (Wildman–Crippen MR) is 240 cm³/mol. The number of hydrogen-bond donors (Lipinski definition) is 0. The number of fused-ring (bicyclic) bond motifs is 14. The molecule has 4 heteroatoms. The molecule has 0 saturated heterocycles. The van der Waals surface area contributed by atoms with Gasteiger partial charge in [0.25, 0.3) is 0 Å². The van der Waals surface area contributed by atoms with Crippen LogP contribution in [-0.2, 0) is 10.8 Å². The van der Waals surface area contributed by atoms with Crippen LogP contribution in [0.4, 0.5) is 17.1 Å². The molecular weight excluding hydrogens is 679 g/mol. The van der Waals surface area contributed by atoms with Gasteiger partial charge in [-0.15, -0.1) is 0 Å². The number of furan rings is 1. The molecule has 0 atom stereocenters. The molecule has 0 aliphatic carbocycles. The molecule has 2 aliphatic heterocycles. The second-order valence-electron chi connectivity index (χ2n) is 18.2. The third-order valence-corrected chi connectivity index (χ3v) is 12.8. The summed E-state index contributed by atoms with van der Waals surface area (Å²) in [5.74, 6) is 0. The zero-order chi connectivity index (χ0) is 37.8. The highest BCUT2D eigenvalue weighted by Gasteiger charge is 2.45. The number of rotatable bonds is 1. The van der Waals surface area contributed by atoms with E-state index >= 15 is 0 Å². The Bertz CT molecular complexity index is 3350. The van der Waals surface area contributed by atoms with E-state index in [9.17, 15) is 0 Å². The van der Waals surface area contributed by atoms with Crippen LogP contribution in [0.3, 0.4) is 0 Å². The first-order chi connectivity index (χ1) is 27.0.